The fraction of sp³-hybridized carbons (Fsp3) is 0.421. The summed E-state index contributed by atoms with van der Waals surface area (Å²) in [7, 11) is 0. The van der Waals surface area contributed by atoms with E-state index < -0.39 is 49.0 Å². The van der Waals surface area contributed by atoms with E-state index in [0.717, 1.165) is 6.07 Å². The van der Waals surface area contributed by atoms with Gasteiger partial charge in [-0.3, -0.25) is 4.57 Å². The molecule has 0 amide bonds. The van der Waals surface area contributed by atoms with Crippen molar-refractivity contribution in [2.75, 3.05) is 18.9 Å². The van der Waals surface area contributed by atoms with Gasteiger partial charge in [0.15, 0.2) is 17.7 Å². The number of anilines is 1. The van der Waals surface area contributed by atoms with Gasteiger partial charge in [0.2, 0.25) is 0 Å². The van der Waals surface area contributed by atoms with Crippen LogP contribution in [-0.2, 0) is 30.1 Å². The van der Waals surface area contributed by atoms with E-state index in [9.17, 15) is 19.0 Å². The van der Waals surface area contributed by atoms with Crippen LogP contribution in [0.4, 0.5) is 14.6 Å². The molecule has 2 aromatic heterocycles. The van der Waals surface area contributed by atoms with E-state index in [1.54, 1.807) is 0 Å². The van der Waals surface area contributed by atoms with Gasteiger partial charge >= 0.3 is 6.72 Å². The summed E-state index contributed by atoms with van der Waals surface area (Å²) >= 11 is 11.2. The first-order valence-corrected chi connectivity index (χ1v) is 13.3. The van der Waals surface area contributed by atoms with Crippen LogP contribution in [0.25, 0.3) is 11.2 Å². The van der Waals surface area contributed by atoms with E-state index in [1.165, 1.54) is 17.2 Å². The van der Waals surface area contributed by atoms with Crippen molar-refractivity contribution in [3.05, 3.63) is 47.0 Å². The molecule has 11 nitrogen and oxygen atoms in total. The summed E-state index contributed by atoms with van der Waals surface area (Å²) in [4.78, 5) is 12.1. The Kier molecular flexibility index (Phi) is 6.76. The molecule has 2 aliphatic rings. The van der Waals surface area contributed by atoms with Gasteiger partial charge in [0.25, 0.3) is 0 Å². The van der Waals surface area contributed by atoms with Crippen LogP contribution >= 0.6 is 18.3 Å². The quantitative estimate of drug-likeness (QED) is 0.318. The topological polar surface area (TPSA) is 147 Å². The normalized spacial score (nSPS) is 31.3. The van der Waals surface area contributed by atoms with Gasteiger partial charge < -0.3 is 34.3 Å². The van der Waals surface area contributed by atoms with E-state index in [4.69, 9.17) is 47.4 Å². The Bertz CT molecular complexity index is 1320. The molecule has 4 heterocycles. The second kappa shape index (κ2) is 9.54. The second-order valence-corrected chi connectivity index (χ2v) is 11.2. The van der Waals surface area contributed by atoms with Gasteiger partial charge in [-0.1, -0.05) is 11.6 Å². The molecule has 0 saturated carbocycles. The van der Waals surface area contributed by atoms with E-state index in [2.05, 4.69) is 15.0 Å². The number of aliphatic hydroxyl groups excluding tert-OH is 2. The molecule has 0 spiro atoms. The number of benzene rings is 1. The largest absolute Gasteiger partial charge is 0.387 e. The lowest BCUT2D eigenvalue weighted by Gasteiger charge is -2.33. The van der Waals surface area contributed by atoms with Gasteiger partial charge in [0.1, 0.15) is 41.8 Å². The Hall–Kier alpha value is -1.87. The summed E-state index contributed by atoms with van der Waals surface area (Å²) in [6.07, 6.45) is -2.80. The number of halogens is 3. The minimum atomic E-state index is -3.41. The van der Waals surface area contributed by atoms with Crippen LogP contribution in [0, 0.1) is 11.6 Å². The van der Waals surface area contributed by atoms with E-state index in [1.807, 2.05) is 0 Å². The summed E-state index contributed by atoms with van der Waals surface area (Å²) < 4.78 is 52.0. The standard InChI is InChI=1S/C19H19ClF2N5O6PS/c20-9-3-8(10(21)4-11(9)22)12-1-2-30-34(35,33-12)31-5-13-15(28)16(29)19(32-13)27-7-26-14-17(23)24-6-25-18(14)27/h3-4,6-7,12-13,15-16,19,28-29H,1-2,5H2,(H2,23,24,25)/t12?,13-,15+,16+,19-,34?/m1/s1. The third kappa shape index (κ3) is 4.66. The van der Waals surface area contributed by atoms with Crippen molar-refractivity contribution in [1.29, 1.82) is 0 Å². The molecule has 2 saturated heterocycles. The molecule has 35 heavy (non-hydrogen) atoms. The molecule has 2 fully saturated rings. The highest BCUT2D eigenvalue weighted by Gasteiger charge is 2.45. The van der Waals surface area contributed by atoms with Crippen LogP contribution in [0.3, 0.4) is 0 Å². The number of ether oxygens (including phenoxy) is 1. The average Bonchev–Trinajstić information content (AvgIpc) is 3.37. The molecule has 0 aliphatic carbocycles. The molecule has 0 bridgehead atoms. The number of nitrogen functional groups attached to an aromatic ring is 1. The monoisotopic (exact) mass is 549 g/mol. The second-order valence-electron chi connectivity index (χ2n) is 7.88. The van der Waals surface area contributed by atoms with Gasteiger partial charge in [-0.2, -0.15) is 0 Å². The smallest absolute Gasteiger partial charge is 0.327 e. The van der Waals surface area contributed by atoms with Crippen LogP contribution in [0.2, 0.25) is 5.02 Å². The van der Waals surface area contributed by atoms with E-state index in [-0.39, 0.29) is 36.0 Å². The zero-order valence-electron chi connectivity index (χ0n) is 17.7. The first-order valence-electron chi connectivity index (χ1n) is 10.3. The molecular formula is C19H19ClF2N5O6PS. The maximum absolute atomic E-state index is 14.3. The zero-order chi connectivity index (χ0) is 24.9. The summed E-state index contributed by atoms with van der Waals surface area (Å²) in [6.45, 7) is -3.61. The van der Waals surface area contributed by atoms with Crippen molar-refractivity contribution >= 4 is 47.1 Å². The SMILES string of the molecule is Nc1ncnc2c1ncn2[C@@H]1O[C@H](COP2(=S)OCCC(c3cc(Cl)c(F)cc3F)O2)[C@H](O)[C@@H]1O. The number of aliphatic hydroxyl groups is 2. The number of hydrogen-bond donors (Lipinski definition) is 3. The van der Waals surface area contributed by atoms with Gasteiger partial charge in [0, 0.05) is 18.1 Å². The Labute approximate surface area is 207 Å². The molecular weight excluding hydrogens is 531 g/mol. The van der Waals surface area contributed by atoms with Crippen molar-refractivity contribution in [3.63, 3.8) is 0 Å². The molecule has 4 N–H and O–H groups in total. The lowest BCUT2D eigenvalue weighted by Crippen LogP contribution is -2.34. The van der Waals surface area contributed by atoms with Gasteiger partial charge in [-0.25, -0.2) is 23.7 Å². The third-order valence-corrected chi connectivity index (χ3v) is 8.32. The molecule has 6 atom stereocenters. The van der Waals surface area contributed by atoms with Crippen LogP contribution in [-0.4, -0.2) is 61.3 Å². The van der Waals surface area contributed by atoms with Crippen LogP contribution in [0.15, 0.2) is 24.8 Å². The molecule has 2 unspecified atom stereocenters. The molecule has 16 heteroatoms. The summed E-state index contributed by atoms with van der Waals surface area (Å²) in [6, 6.07) is 1.81. The number of aromatic nitrogens is 4. The Morgan fingerprint density at radius 1 is 1.23 bits per heavy atom. The number of fused-ring (bicyclic) bond motifs is 1. The molecule has 5 rings (SSSR count). The maximum atomic E-state index is 14.3. The highest BCUT2D eigenvalue weighted by atomic mass is 35.5. The van der Waals surface area contributed by atoms with Crippen molar-refractivity contribution < 1.29 is 37.3 Å². The predicted molar refractivity (Wildman–Crippen MR) is 122 cm³/mol. The first-order chi connectivity index (χ1) is 16.7. The number of rotatable bonds is 5. The van der Waals surface area contributed by atoms with Gasteiger partial charge in [-0.05, 0) is 17.9 Å². The highest BCUT2D eigenvalue weighted by molar-refractivity contribution is 8.07. The summed E-state index contributed by atoms with van der Waals surface area (Å²) in [5.41, 5.74) is 6.45. The minimum absolute atomic E-state index is 0.0263. The van der Waals surface area contributed by atoms with Crippen LogP contribution in [0.1, 0.15) is 24.3 Å². The Balaban J connectivity index is 1.29. The van der Waals surface area contributed by atoms with Crippen molar-refractivity contribution in [1.82, 2.24) is 19.5 Å². The molecule has 2 aliphatic heterocycles. The first kappa shape index (κ1) is 24.8. The number of nitrogens with two attached hydrogens (primary N) is 1. The van der Waals surface area contributed by atoms with Gasteiger partial charge in [-0.15, -0.1) is 0 Å². The maximum Gasteiger partial charge on any atom is 0.327 e. The molecule has 0 radical (unpaired) electrons. The highest BCUT2D eigenvalue weighted by Crippen LogP contribution is 2.58. The lowest BCUT2D eigenvalue weighted by molar-refractivity contribution is -0.0533. The van der Waals surface area contributed by atoms with Crippen LogP contribution < -0.4 is 5.73 Å². The predicted octanol–water partition coefficient (Wildman–Crippen LogP) is 2.38. The molecule has 3 aromatic rings. The van der Waals surface area contributed by atoms with Crippen molar-refractivity contribution in [3.8, 4) is 0 Å². The summed E-state index contributed by atoms with van der Waals surface area (Å²) in [5, 5.41) is 20.9. The number of imidazole rings is 1. The Morgan fingerprint density at radius 2 is 2.03 bits per heavy atom. The van der Waals surface area contributed by atoms with E-state index in [0.29, 0.717) is 17.2 Å². The molecule has 1 aromatic carbocycles. The zero-order valence-corrected chi connectivity index (χ0v) is 20.2. The van der Waals surface area contributed by atoms with E-state index >= 15 is 0 Å². The number of hydrogen-bond acceptors (Lipinski definition) is 11. The van der Waals surface area contributed by atoms with Crippen molar-refractivity contribution in [2.24, 2.45) is 0 Å². The fourth-order valence-electron chi connectivity index (χ4n) is 3.89. The Morgan fingerprint density at radius 3 is 2.83 bits per heavy atom. The fourth-order valence-corrected chi connectivity index (χ4v) is 6.17. The average molecular weight is 550 g/mol. The minimum Gasteiger partial charge on any atom is -0.387 e. The van der Waals surface area contributed by atoms with Gasteiger partial charge in [0.05, 0.1) is 30.7 Å². The summed E-state index contributed by atoms with van der Waals surface area (Å²) in [5.74, 6) is -1.58. The van der Waals surface area contributed by atoms with Crippen LogP contribution in [0.5, 0.6) is 0 Å². The molecule has 188 valence electrons. The number of nitrogens with zero attached hydrogens (tertiary/aromatic N) is 4. The lowest BCUT2D eigenvalue weighted by atomic mass is 10.1. The third-order valence-electron chi connectivity index (χ3n) is 5.67. The van der Waals surface area contributed by atoms with Crippen molar-refractivity contribution in [2.45, 2.75) is 37.1 Å².